The van der Waals surface area contributed by atoms with E-state index in [-0.39, 0.29) is 12.5 Å². The zero-order valence-corrected chi connectivity index (χ0v) is 8.76. The molecule has 0 spiro atoms. The van der Waals surface area contributed by atoms with Crippen LogP contribution in [-0.2, 0) is 11.3 Å². The Morgan fingerprint density at radius 1 is 1.67 bits per heavy atom. The van der Waals surface area contributed by atoms with Gasteiger partial charge in [0, 0.05) is 25.5 Å². The highest BCUT2D eigenvalue weighted by molar-refractivity contribution is 5.76. The van der Waals surface area contributed by atoms with Gasteiger partial charge in [0.05, 0.1) is 5.60 Å². The minimum atomic E-state index is -0.722. The van der Waals surface area contributed by atoms with E-state index in [1.54, 1.807) is 35.0 Å². The highest BCUT2D eigenvalue weighted by Crippen LogP contribution is 2.20. The summed E-state index contributed by atoms with van der Waals surface area (Å²) in [6, 6.07) is 1.79. The molecular weight excluding hydrogens is 194 g/mol. The maximum Gasteiger partial charge on any atom is 0.244 e. The van der Waals surface area contributed by atoms with E-state index in [1.807, 2.05) is 0 Å². The number of likely N-dealkylation sites (tertiary alicyclic amines) is 1. The van der Waals surface area contributed by atoms with Crippen LogP contribution >= 0.6 is 0 Å². The number of carbonyl (C=O) groups is 1. The first-order valence-corrected chi connectivity index (χ1v) is 5.04. The first-order valence-electron chi connectivity index (χ1n) is 5.04. The fourth-order valence-electron chi connectivity index (χ4n) is 1.79. The molecule has 1 N–H and O–H groups in total. The van der Waals surface area contributed by atoms with E-state index in [2.05, 4.69) is 5.10 Å². The second kappa shape index (κ2) is 3.66. The Hall–Kier alpha value is -1.36. The van der Waals surface area contributed by atoms with Crippen molar-refractivity contribution in [2.45, 2.75) is 25.5 Å². The lowest BCUT2D eigenvalue weighted by molar-refractivity contribution is -0.131. The molecule has 82 valence electrons. The van der Waals surface area contributed by atoms with Crippen molar-refractivity contribution >= 4 is 5.91 Å². The Kier molecular flexibility index (Phi) is 2.48. The number of rotatable bonds is 2. The van der Waals surface area contributed by atoms with Gasteiger partial charge in [-0.2, -0.15) is 5.10 Å². The smallest absolute Gasteiger partial charge is 0.244 e. The molecule has 5 nitrogen and oxygen atoms in total. The Morgan fingerprint density at radius 3 is 3.00 bits per heavy atom. The average Bonchev–Trinajstić information content (AvgIpc) is 2.74. The number of carbonyl (C=O) groups excluding carboxylic acids is 1. The minimum absolute atomic E-state index is 0.0106. The highest BCUT2D eigenvalue weighted by Gasteiger charge is 2.33. The molecule has 1 atom stereocenters. The van der Waals surface area contributed by atoms with Crippen LogP contribution in [0, 0.1) is 0 Å². The Bertz CT molecular complexity index is 346. The molecule has 1 aromatic heterocycles. The fraction of sp³-hybridized carbons (Fsp3) is 0.600. The lowest BCUT2D eigenvalue weighted by atomic mass is 10.1. The first kappa shape index (κ1) is 10.2. The van der Waals surface area contributed by atoms with Gasteiger partial charge in [0.1, 0.15) is 6.54 Å². The van der Waals surface area contributed by atoms with E-state index in [0.29, 0.717) is 19.5 Å². The van der Waals surface area contributed by atoms with Gasteiger partial charge in [-0.1, -0.05) is 0 Å². The van der Waals surface area contributed by atoms with Crippen LogP contribution in [0.2, 0.25) is 0 Å². The van der Waals surface area contributed by atoms with Crippen LogP contribution in [0.1, 0.15) is 13.3 Å². The van der Waals surface area contributed by atoms with Crippen molar-refractivity contribution in [2.24, 2.45) is 0 Å². The van der Waals surface area contributed by atoms with Crippen molar-refractivity contribution in [1.82, 2.24) is 14.7 Å². The van der Waals surface area contributed by atoms with Gasteiger partial charge in [0.25, 0.3) is 0 Å². The lowest BCUT2D eigenvalue weighted by Gasteiger charge is -2.18. The van der Waals surface area contributed by atoms with Crippen LogP contribution in [0.15, 0.2) is 18.5 Å². The third kappa shape index (κ3) is 2.36. The van der Waals surface area contributed by atoms with Gasteiger partial charge in [0.2, 0.25) is 5.91 Å². The van der Waals surface area contributed by atoms with Crippen LogP contribution in [0.3, 0.4) is 0 Å². The Morgan fingerprint density at radius 2 is 2.47 bits per heavy atom. The van der Waals surface area contributed by atoms with Gasteiger partial charge in [-0.05, 0) is 19.4 Å². The van der Waals surface area contributed by atoms with Crippen molar-refractivity contribution < 1.29 is 9.90 Å². The Labute approximate surface area is 88.3 Å². The predicted molar refractivity (Wildman–Crippen MR) is 54.0 cm³/mol. The number of hydrogen-bond acceptors (Lipinski definition) is 3. The van der Waals surface area contributed by atoms with E-state index in [1.165, 1.54) is 0 Å². The molecule has 15 heavy (non-hydrogen) atoms. The summed E-state index contributed by atoms with van der Waals surface area (Å²) >= 11 is 0. The standard InChI is InChI=1S/C10H15N3O2/c1-10(15)3-6-12(8-10)9(14)7-13-5-2-4-11-13/h2,4-5,15H,3,6-8H2,1H3. The topological polar surface area (TPSA) is 58.4 Å². The van der Waals surface area contributed by atoms with Crippen LogP contribution in [-0.4, -0.2) is 44.4 Å². The molecule has 1 aliphatic rings. The molecule has 5 heteroatoms. The lowest BCUT2D eigenvalue weighted by Crippen LogP contribution is -2.35. The van der Waals surface area contributed by atoms with Gasteiger partial charge in [0.15, 0.2) is 0 Å². The molecule has 1 aliphatic heterocycles. The molecule has 0 aliphatic carbocycles. The summed E-state index contributed by atoms with van der Waals surface area (Å²) in [5.41, 5.74) is -0.722. The second-order valence-corrected chi connectivity index (χ2v) is 4.27. The summed E-state index contributed by atoms with van der Waals surface area (Å²) in [6.45, 7) is 3.07. The third-order valence-electron chi connectivity index (χ3n) is 2.66. The normalized spacial score (nSPS) is 25.9. The molecule has 1 saturated heterocycles. The number of hydrogen-bond donors (Lipinski definition) is 1. The maximum atomic E-state index is 11.8. The van der Waals surface area contributed by atoms with Gasteiger partial charge in [-0.25, -0.2) is 0 Å². The molecular formula is C10H15N3O2. The van der Waals surface area contributed by atoms with E-state index in [0.717, 1.165) is 0 Å². The van der Waals surface area contributed by atoms with E-state index >= 15 is 0 Å². The molecule has 0 radical (unpaired) electrons. The predicted octanol–water partition coefficient (Wildman–Crippen LogP) is -0.134. The molecule has 1 aromatic rings. The van der Waals surface area contributed by atoms with Gasteiger partial charge >= 0.3 is 0 Å². The number of β-amino-alcohol motifs (C(OH)–C–C–N with tert-alkyl or cyclic N) is 1. The monoisotopic (exact) mass is 209 g/mol. The first-order chi connectivity index (χ1) is 7.07. The number of aliphatic hydroxyl groups is 1. The number of nitrogens with zero attached hydrogens (tertiary/aromatic N) is 3. The van der Waals surface area contributed by atoms with Crippen LogP contribution in [0.25, 0.3) is 0 Å². The second-order valence-electron chi connectivity index (χ2n) is 4.27. The summed E-state index contributed by atoms with van der Waals surface area (Å²) in [5.74, 6) is 0.0106. The van der Waals surface area contributed by atoms with Crippen LogP contribution in [0.4, 0.5) is 0 Å². The minimum Gasteiger partial charge on any atom is -0.388 e. The Balaban J connectivity index is 1.93. The number of aromatic nitrogens is 2. The van der Waals surface area contributed by atoms with Crippen molar-refractivity contribution in [3.63, 3.8) is 0 Å². The summed E-state index contributed by atoms with van der Waals surface area (Å²) in [4.78, 5) is 13.4. The van der Waals surface area contributed by atoms with Gasteiger partial charge in [-0.15, -0.1) is 0 Å². The molecule has 0 saturated carbocycles. The molecule has 1 fully saturated rings. The summed E-state index contributed by atoms with van der Waals surface area (Å²) < 4.78 is 1.59. The number of amides is 1. The molecule has 1 amide bonds. The average molecular weight is 209 g/mol. The summed E-state index contributed by atoms with van der Waals surface area (Å²) in [7, 11) is 0. The zero-order chi connectivity index (χ0) is 10.9. The molecule has 0 bridgehead atoms. The zero-order valence-electron chi connectivity index (χ0n) is 8.76. The van der Waals surface area contributed by atoms with E-state index in [9.17, 15) is 9.90 Å². The quantitative estimate of drug-likeness (QED) is 0.738. The third-order valence-corrected chi connectivity index (χ3v) is 2.66. The maximum absolute atomic E-state index is 11.8. The summed E-state index contributed by atoms with van der Waals surface area (Å²) in [5, 5.41) is 13.7. The van der Waals surface area contributed by atoms with E-state index < -0.39 is 5.60 Å². The van der Waals surface area contributed by atoms with Crippen molar-refractivity contribution in [3.05, 3.63) is 18.5 Å². The SMILES string of the molecule is CC1(O)CCN(C(=O)Cn2cccn2)C1. The molecule has 1 unspecified atom stereocenters. The van der Waals surface area contributed by atoms with Crippen LogP contribution < -0.4 is 0 Å². The van der Waals surface area contributed by atoms with E-state index in [4.69, 9.17) is 0 Å². The van der Waals surface area contributed by atoms with Crippen molar-refractivity contribution in [2.75, 3.05) is 13.1 Å². The van der Waals surface area contributed by atoms with Crippen LogP contribution in [0.5, 0.6) is 0 Å². The summed E-state index contributed by atoms with van der Waals surface area (Å²) in [6.07, 6.45) is 4.05. The highest BCUT2D eigenvalue weighted by atomic mass is 16.3. The fourth-order valence-corrected chi connectivity index (χ4v) is 1.79. The molecule has 0 aromatic carbocycles. The van der Waals surface area contributed by atoms with Gasteiger partial charge in [-0.3, -0.25) is 9.48 Å². The molecule has 2 heterocycles. The van der Waals surface area contributed by atoms with Crippen molar-refractivity contribution in [3.8, 4) is 0 Å². The largest absolute Gasteiger partial charge is 0.388 e. The van der Waals surface area contributed by atoms with Gasteiger partial charge < -0.3 is 10.0 Å². The van der Waals surface area contributed by atoms with Crippen molar-refractivity contribution in [1.29, 1.82) is 0 Å². The molecule has 2 rings (SSSR count).